The summed E-state index contributed by atoms with van der Waals surface area (Å²) in [5.41, 5.74) is 2.15. The van der Waals surface area contributed by atoms with Crippen molar-refractivity contribution in [1.29, 1.82) is 0 Å². The van der Waals surface area contributed by atoms with Crippen LogP contribution in [0.5, 0.6) is 0 Å². The molecule has 1 aromatic heterocycles. The van der Waals surface area contributed by atoms with Gasteiger partial charge < -0.3 is 15.4 Å². The van der Waals surface area contributed by atoms with E-state index in [0.717, 1.165) is 5.56 Å². The molecular weight excluding hydrogens is 284 g/mol. The average Bonchev–Trinajstić information content (AvgIpc) is 2.48. The lowest BCUT2D eigenvalue weighted by Crippen LogP contribution is -2.37. The zero-order chi connectivity index (χ0) is 15.2. The van der Waals surface area contributed by atoms with Gasteiger partial charge in [0.25, 0.3) is 0 Å². The zero-order valence-corrected chi connectivity index (χ0v) is 12.2. The van der Waals surface area contributed by atoms with Crippen molar-refractivity contribution < 1.29 is 9.90 Å². The summed E-state index contributed by atoms with van der Waals surface area (Å²) < 4.78 is 0.527. The Balaban J connectivity index is 2.14. The van der Waals surface area contributed by atoms with E-state index >= 15 is 0 Å². The normalized spacial score (nSPS) is 11.6. The Bertz CT molecular complexity index is 695. The van der Waals surface area contributed by atoms with E-state index in [9.17, 15) is 9.90 Å². The summed E-state index contributed by atoms with van der Waals surface area (Å²) in [5.74, 6) is -0.925. The van der Waals surface area contributed by atoms with Gasteiger partial charge in [-0.2, -0.15) is 0 Å². The summed E-state index contributed by atoms with van der Waals surface area (Å²) in [4.78, 5) is 14.3. The zero-order valence-electron chi connectivity index (χ0n) is 11.4. The Morgan fingerprint density at radius 1 is 1.29 bits per heavy atom. The first-order valence-electron chi connectivity index (χ1n) is 6.48. The van der Waals surface area contributed by atoms with Crippen LogP contribution in [0, 0.1) is 4.64 Å². The fourth-order valence-corrected chi connectivity index (χ4v) is 2.26. The molecule has 0 amide bonds. The number of carboxylic acids is 1. The van der Waals surface area contributed by atoms with Crippen LogP contribution in [-0.4, -0.2) is 22.1 Å². The molecule has 0 saturated carbocycles. The Kier molecular flexibility index (Phi) is 4.90. The highest BCUT2D eigenvalue weighted by Gasteiger charge is 2.18. The SMILES string of the molecule is C=C(NC(Cc1ccccc1)C(=O)O)c1ccc[nH]c1=S. The Labute approximate surface area is 128 Å². The van der Waals surface area contributed by atoms with Gasteiger partial charge in [0.05, 0.1) is 0 Å². The number of nitrogens with one attached hydrogen (secondary N) is 2. The fourth-order valence-electron chi connectivity index (χ4n) is 2.00. The van der Waals surface area contributed by atoms with Gasteiger partial charge in [0.15, 0.2) is 0 Å². The van der Waals surface area contributed by atoms with E-state index in [1.807, 2.05) is 30.3 Å². The maximum absolute atomic E-state index is 11.4. The summed E-state index contributed by atoms with van der Waals surface area (Å²) in [7, 11) is 0. The standard InChI is InChI=1S/C16H16N2O2S/c1-11(13-8-5-9-17-15(13)21)18-14(16(19)20)10-12-6-3-2-4-7-12/h2-9,14,18H,1,10H2,(H,17,21)(H,19,20). The maximum Gasteiger partial charge on any atom is 0.326 e. The minimum absolute atomic E-state index is 0.374. The third-order valence-electron chi connectivity index (χ3n) is 3.07. The van der Waals surface area contributed by atoms with Crippen molar-refractivity contribution in [2.75, 3.05) is 0 Å². The van der Waals surface area contributed by atoms with Crippen LogP contribution in [0.1, 0.15) is 11.1 Å². The van der Waals surface area contributed by atoms with Gasteiger partial charge in [-0.15, -0.1) is 0 Å². The molecule has 4 nitrogen and oxygen atoms in total. The molecule has 0 fully saturated rings. The summed E-state index contributed by atoms with van der Waals surface area (Å²) >= 11 is 5.17. The molecule has 0 aliphatic rings. The van der Waals surface area contributed by atoms with E-state index in [1.165, 1.54) is 0 Å². The summed E-state index contributed by atoms with van der Waals surface area (Å²) in [6.45, 7) is 3.89. The van der Waals surface area contributed by atoms with Crippen LogP contribution in [0.4, 0.5) is 0 Å². The molecule has 0 bridgehead atoms. The molecule has 1 atom stereocenters. The van der Waals surface area contributed by atoms with Gasteiger partial charge in [-0.05, 0) is 17.7 Å². The van der Waals surface area contributed by atoms with E-state index in [2.05, 4.69) is 16.9 Å². The number of aliphatic carboxylic acids is 1. The van der Waals surface area contributed by atoms with E-state index in [4.69, 9.17) is 12.2 Å². The number of carbonyl (C=O) groups is 1. The number of aromatic nitrogens is 1. The van der Waals surface area contributed by atoms with Gasteiger partial charge in [-0.1, -0.05) is 49.1 Å². The monoisotopic (exact) mass is 300 g/mol. The van der Waals surface area contributed by atoms with Crippen molar-refractivity contribution in [2.45, 2.75) is 12.5 Å². The first-order chi connectivity index (χ1) is 10.1. The van der Waals surface area contributed by atoms with Crippen LogP contribution >= 0.6 is 12.2 Å². The Hall–Kier alpha value is -2.40. The predicted octanol–water partition coefficient (Wildman–Crippen LogP) is 3.00. The van der Waals surface area contributed by atoms with Crippen LogP contribution in [0.3, 0.4) is 0 Å². The molecule has 1 heterocycles. The molecule has 0 spiro atoms. The van der Waals surface area contributed by atoms with Crippen molar-refractivity contribution >= 4 is 23.9 Å². The minimum atomic E-state index is -0.925. The fraction of sp³-hybridized carbons (Fsp3) is 0.125. The lowest BCUT2D eigenvalue weighted by molar-refractivity contribution is -0.139. The van der Waals surface area contributed by atoms with Crippen molar-refractivity contribution in [3.63, 3.8) is 0 Å². The molecule has 0 aliphatic heterocycles. The summed E-state index contributed by atoms with van der Waals surface area (Å²) in [6.07, 6.45) is 2.09. The van der Waals surface area contributed by atoms with Gasteiger partial charge in [0, 0.05) is 23.9 Å². The van der Waals surface area contributed by atoms with Crippen LogP contribution in [-0.2, 0) is 11.2 Å². The number of H-pyrrole nitrogens is 1. The van der Waals surface area contributed by atoms with Crippen molar-refractivity contribution in [2.24, 2.45) is 0 Å². The molecule has 1 unspecified atom stereocenters. The molecule has 0 saturated heterocycles. The second-order valence-corrected chi connectivity index (χ2v) is 5.02. The first-order valence-corrected chi connectivity index (χ1v) is 6.89. The number of benzene rings is 1. The van der Waals surface area contributed by atoms with Crippen molar-refractivity contribution in [3.05, 3.63) is 71.0 Å². The smallest absolute Gasteiger partial charge is 0.326 e. The van der Waals surface area contributed by atoms with E-state index < -0.39 is 12.0 Å². The molecule has 2 rings (SSSR count). The van der Waals surface area contributed by atoms with Gasteiger partial charge >= 0.3 is 5.97 Å². The number of aromatic amines is 1. The quantitative estimate of drug-likeness (QED) is 0.718. The second kappa shape index (κ2) is 6.85. The van der Waals surface area contributed by atoms with Gasteiger partial charge in [0.2, 0.25) is 0 Å². The third kappa shape index (κ3) is 4.03. The average molecular weight is 300 g/mol. The number of rotatable bonds is 6. The molecule has 3 N–H and O–H groups in total. The van der Waals surface area contributed by atoms with Gasteiger partial charge in [-0.3, -0.25) is 0 Å². The van der Waals surface area contributed by atoms with Crippen LogP contribution in [0.2, 0.25) is 0 Å². The lowest BCUT2D eigenvalue weighted by Gasteiger charge is -2.17. The number of pyridine rings is 1. The van der Waals surface area contributed by atoms with E-state index in [1.54, 1.807) is 18.3 Å². The first kappa shape index (κ1) is 15.0. The summed E-state index contributed by atoms with van der Waals surface area (Å²) in [5, 5.41) is 12.3. The van der Waals surface area contributed by atoms with Crippen LogP contribution < -0.4 is 5.32 Å². The highest BCUT2D eigenvalue weighted by Crippen LogP contribution is 2.12. The molecule has 0 radical (unpaired) electrons. The number of carboxylic acid groups (broad SMARTS) is 1. The lowest BCUT2D eigenvalue weighted by atomic mass is 10.1. The van der Waals surface area contributed by atoms with Crippen molar-refractivity contribution in [1.82, 2.24) is 10.3 Å². The number of hydrogen-bond donors (Lipinski definition) is 3. The predicted molar refractivity (Wildman–Crippen MR) is 85.4 cm³/mol. The minimum Gasteiger partial charge on any atom is -0.480 e. The topological polar surface area (TPSA) is 65.1 Å². The molecule has 108 valence electrons. The summed E-state index contributed by atoms with van der Waals surface area (Å²) in [6, 6.07) is 12.3. The molecule has 21 heavy (non-hydrogen) atoms. The third-order valence-corrected chi connectivity index (χ3v) is 3.41. The largest absolute Gasteiger partial charge is 0.480 e. The number of hydrogen-bond acceptors (Lipinski definition) is 3. The van der Waals surface area contributed by atoms with E-state index in [-0.39, 0.29) is 0 Å². The highest BCUT2D eigenvalue weighted by atomic mass is 32.1. The molecule has 0 aliphatic carbocycles. The Morgan fingerprint density at radius 2 is 2.00 bits per heavy atom. The van der Waals surface area contributed by atoms with Gasteiger partial charge in [0.1, 0.15) is 10.7 Å². The molecular formula is C16H16N2O2S. The highest BCUT2D eigenvalue weighted by molar-refractivity contribution is 7.71. The van der Waals surface area contributed by atoms with E-state index in [0.29, 0.717) is 22.3 Å². The second-order valence-electron chi connectivity index (χ2n) is 4.62. The van der Waals surface area contributed by atoms with Gasteiger partial charge in [-0.25, -0.2) is 4.79 Å². The molecule has 1 aromatic carbocycles. The van der Waals surface area contributed by atoms with Crippen molar-refractivity contribution in [3.8, 4) is 0 Å². The maximum atomic E-state index is 11.4. The molecule has 5 heteroatoms. The Morgan fingerprint density at radius 3 is 2.62 bits per heavy atom. The van der Waals surface area contributed by atoms with Crippen LogP contribution in [0.25, 0.3) is 5.70 Å². The molecule has 2 aromatic rings. The van der Waals surface area contributed by atoms with Crippen LogP contribution in [0.15, 0.2) is 55.2 Å².